The fraction of sp³-hybridized carbons (Fsp3) is 0.467. The van der Waals surface area contributed by atoms with Crippen LogP contribution >= 0.6 is 11.8 Å². The lowest BCUT2D eigenvalue weighted by atomic mass is 10.1. The molecule has 23 heavy (non-hydrogen) atoms. The van der Waals surface area contributed by atoms with Crippen LogP contribution in [0.4, 0.5) is 18.9 Å². The number of benzene rings is 1. The van der Waals surface area contributed by atoms with Crippen LogP contribution in [0.2, 0.25) is 0 Å². The molecule has 0 spiro atoms. The number of aromatic nitrogens is 3. The Balaban J connectivity index is 2.00. The molecule has 0 radical (unpaired) electrons. The number of hydrogen-bond donors (Lipinski definition) is 0. The van der Waals surface area contributed by atoms with E-state index in [0.29, 0.717) is 24.0 Å². The molecule has 2 aromatic rings. The highest BCUT2D eigenvalue weighted by molar-refractivity contribution is 8.00. The minimum absolute atomic E-state index is 0.361. The van der Waals surface area contributed by atoms with E-state index in [1.54, 1.807) is 35.8 Å². The number of anilines is 1. The highest BCUT2D eigenvalue weighted by Crippen LogP contribution is 2.41. The Bertz CT molecular complexity index is 698. The van der Waals surface area contributed by atoms with Crippen molar-refractivity contribution < 1.29 is 13.2 Å². The summed E-state index contributed by atoms with van der Waals surface area (Å²) in [6.45, 7) is 3.29. The number of halogens is 3. The average Bonchev–Trinajstić information content (AvgIpc) is 2.80. The second-order valence-electron chi connectivity index (χ2n) is 5.67. The third-order valence-corrected chi connectivity index (χ3v) is 5.16. The van der Waals surface area contributed by atoms with E-state index in [-0.39, 0.29) is 0 Å². The smallest absolute Gasteiger partial charge is 0.365 e. The van der Waals surface area contributed by atoms with Gasteiger partial charge in [-0.3, -0.25) is 4.68 Å². The largest absolute Gasteiger partial charge is 0.416 e. The number of hydrogen-bond acceptors (Lipinski definition) is 4. The molecule has 1 aliphatic heterocycles. The molecule has 1 unspecified atom stereocenters. The van der Waals surface area contributed by atoms with Gasteiger partial charge in [-0.1, -0.05) is 12.1 Å². The molecule has 1 atom stereocenters. The standard InChI is InChI=1S/C15H17F3N4S/c1-10-5-6-22(9-12-8-19-20-21(12)2)13-7-11(15(16,17)18)3-4-14(13)23-10/h3-4,7-8,10H,5-6,9H2,1-2H3. The van der Waals surface area contributed by atoms with E-state index in [0.717, 1.165) is 23.1 Å². The quantitative estimate of drug-likeness (QED) is 0.833. The van der Waals surface area contributed by atoms with Crippen LogP contribution in [0.3, 0.4) is 0 Å². The predicted molar refractivity (Wildman–Crippen MR) is 83.4 cm³/mol. The van der Waals surface area contributed by atoms with E-state index in [4.69, 9.17) is 0 Å². The maximum atomic E-state index is 13.1. The molecule has 1 aromatic heterocycles. The van der Waals surface area contributed by atoms with Crippen molar-refractivity contribution in [3.05, 3.63) is 35.7 Å². The number of thioether (sulfide) groups is 1. The van der Waals surface area contributed by atoms with Crippen molar-refractivity contribution in [2.75, 3.05) is 11.4 Å². The van der Waals surface area contributed by atoms with Gasteiger partial charge in [0.15, 0.2) is 0 Å². The first-order valence-electron chi connectivity index (χ1n) is 7.31. The third kappa shape index (κ3) is 3.46. The molecule has 1 aromatic carbocycles. The van der Waals surface area contributed by atoms with Crippen LogP contribution in [0.25, 0.3) is 0 Å². The first kappa shape index (κ1) is 16.2. The normalized spacial score (nSPS) is 18.7. The van der Waals surface area contributed by atoms with Gasteiger partial charge in [0.25, 0.3) is 0 Å². The van der Waals surface area contributed by atoms with Gasteiger partial charge >= 0.3 is 6.18 Å². The fourth-order valence-corrected chi connectivity index (χ4v) is 3.70. The Labute approximate surface area is 136 Å². The maximum Gasteiger partial charge on any atom is 0.416 e. The monoisotopic (exact) mass is 342 g/mol. The minimum Gasteiger partial charge on any atom is -0.365 e. The van der Waals surface area contributed by atoms with Crippen LogP contribution in [-0.2, 0) is 19.8 Å². The molecule has 3 rings (SSSR count). The Morgan fingerprint density at radius 2 is 2.13 bits per heavy atom. The summed E-state index contributed by atoms with van der Waals surface area (Å²) in [5.74, 6) is 0. The summed E-state index contributed by atoms with van der Waals surface area (Å²) in [6.07, 6.45) is -1.78. The number of alkyl halides is 3. The molecular weight excluding hydrogens is 325 g/mol. The number of aryl methyl sites for hydroxylation is 1. The molecule has 0 saturated heterocycles. The molecule has 0 amide bonds. The van der Waals surface area contributed by atoms with Gasteiger partial charge in [-0.25, -0.2) is 0 Å². The Morgan fingerprint density at radius 1 is 1.35 bits per heavy atom. The second kappa shape index (κ2) is 6.07. The molecular formula is C15H17F3N4S. The van der Waals surface area contributed by atoms with Crippen LogP contribution in [0, 0.1) is 0 Å². The van der Waals surface area contributed by atoms with Crippen LogP contribution in [0.5, 0.6) is 0 Å². The lowest BCUT2D eigenvalue weighted by molar-refractivity contribution is -0.137. The fourth-order valence-electron chi connectivity index (χ4n) is 2.59. The van der Waals surface area contributed by atoms with Gasteiger partial charge in [0.2, 0.25) is 0 Å². The van der Waals surface area contributed by atoms with Crippen molar-refractivity contribution >= 4 is 17.4 Å². The predicted octanol–water partition coefficient (Wildman–Crippen LogP) is 3.72. The SMILES string of the molecule is CC1CCN(Cc2cnnn2C)c2cc(C(F)(F)F)ccc2S1. The number of rotatable bonds is 2. The second-order valence-corrected chi connectivity index (χ2v) is 7.15. The van der Waals surface area contributed by atoms with Gasteiger partial charge < -0.3 is 4.90 Å². The topological polar surface area (TPSA) is 34.0 Å². The lowest BCUT2D eigenvalue weighted by Crippen LogP contribution is -2.26. The van der Waals surface area contributed by atoms with Crippen LogP contribution < -0.4 is 4.90 Å². The molecule has 0 fully saturated rings. The van der Waals surface area contributed by atoms with Crippen molar-refractivity contribution in [2.45, 2.75) is 36.2 Å². The average molecular weight is 342 g/mol. The van der Waals surface area contributed by atoms with Crippen molar-refractivity contribution in [3.8, 4) is 0 Å². The van der Waals surface area contributed by atoms with Crippen LogP contribution in [-0.4, -0.2) is 26.8 Å². The van der Waals surface area contributed by atoms with E-state index in [9.17, 15) is 13.2 Å². The lowest BCUT2D eigenvalue weighted by Gasteiger charge is -2.25. The van der Waals surface area contributed by atoms with Gasteiger partial charge in [0, 0.05) is 23.7 Å². The Kier molecular flexibility index (Phi) is 4.27. The molecule has 8 heteroatoms. The van der Waals surface area contributed by atoms with E-state index >= 15 is 0 Å². The molecule has 2 heterocycles. The van der Waals surface area contributed by atoms with Gasteiger partial charge in [-0.2, -0.15) is 13.2 Å². The summed E-state index contributed by atoms with van der Waals surface area (Å²) in [5, 5.41) is 8.09. The molecule has 0 N–H and O–H groups in total. The summed E-state index contributed by atoms with van der Waals surface area (Å²) in [7, 11) is 1.78. The molecule has 4 nitrogen and oxygen atoms in total. The van der Waals surface area contributed by atoms with Crippen molar-refractivity contribution in [1.29, 1.82) is 0 Å². The highest BCUT2D eigenvalue weighted by atomic mass is 32.2. The van der Waals surface area contributed by atoms with Gasteiger partial charge in [-0.15, -0.1) is 16.9 Å². The van der Waals surface area contributed by atoms with Gasteiger partial charge in [0.1, 0.15) is 0 Å². The zero-order valence-corrected chi connectivity index (χ0v) is 13.7. The maximum absolute atomic E-state index is 13.1. The van der Waals surface area contributed by atoms with E-state index in [1.807, 2.05) is 4.90 Å². The minimum atomic E-state index is -4.34. The summed E-state index contributed by atoms with van der Waals surface area (Å²) in [4.78, 5) is 2.87. The van der Waals surface area contributed by atoms with Gasteiger partial charge in [0.05, 0.1) is 29.7 Å². The zero-order chi connectivity index (χ0) is 16.6. The summed E-state index contributed by atoms with van der Waals surface area (Å²) in [5.41, 5.74) is 0.892. The Morgan fingerprint density at radius 3 is 2.78 bits per heavy atom. The first-order valence-corrected chi connectivity index (χ1v) is 8.19. The van der Waals surface area contributed by atoms with E-state index < -0.39 is 11.7 Å². The van der Waals surface area contributed by atoms with Crippen molar-refractivity contribution in [1.82, 2.24) is 15.0 Å². The van der Waals surface area contributed by atoms with Crippen molar-refractivity contribution in [2.24, 2.45) is 7.05 Å². The number of nitrogens with zero attached hydrogens (tertiary/aromatic N) is 4. The van der Waals surface area contributed by atoms with Crippen LogP contribution in [0.15, 0.2) is 29.3 Å². The van der Waals surface area contributed by atoms with Crippen LogP contribution in [0.1, 0.15) is 24.6 Å². The molecule has 0 aliphatic carbocycles. The third-order valence-electron chi connectivity index (χ3n) is 3.92. The molecule has 1 aliphatic rings. The molecule has 0 saturated carbocycles. The molecule has 124 valence electrons. The summed E-state index contributed by atoms with van der Waals surface area (Å²) >= 11 is 1.63. The van der Waals surface area contributed by atoms with Crippen molar-refractivity contribution in [3.63, 3.8) is 0 Å². The molecule has 0 bridgehead atoms. The Hall–Kier alpha value is -1.70. The first-order chi connectivity index (χ1) is 10.8. The van der Waals surface area contributed by atoms with E-state index in [1.165, 1.54) is 6.07 Å². The van der Waals surface area contributed by atoms with E-state index in [2.05, 4.69) is 17.2 Å². The highest BCUT2D eigenvalue weighted by Gasteiger charge is 2.32. The summed E-state index contributed by atoms with van der Waals surface area (Å²) in [6, 6.07) is 4.00. The zero-order valence-electron chi connectivity index (χ0n) is 12.8. The van der Waals surface area contributed by atoms with Gasteiger partial charge in [-0.05, 0) is 24.6 Å². The number of fused-ring (bicyclic) bond motifs is 1. The summed E-state index contributed by atoms with van der Waals surface area (Å²) < 4.78 is 40.8.